The van der Waals surface area contributed by atoms with Gasteiger partial charge in [-0.2, -0.15) is 0 Å². The van der Waals surface area contributed by atoms with Crippen LogP contribution in [0.2, 0.25) is 5.02 Å². The van der Waals surface area contributed by atoms with E-state index in [0.717, 1.165) is 12.0 Å². The maximum Gasteiger partial charge on any atom is 0.313 e. The van der Waals surface area contributed by atoms with Crippen LogP contribution in [0, 0.1) is 18.8 Å². The molecular weight excluding hydrogens is 520 g/mol. The fourth-order valence-electron chi connectivity index (χ4n) is 6.85. The van der Waals surface area contributed by atoms with Gasteiger partial charge in [-0.15, -0.1) is 0 Å². The minimum atomic E-state index is -1.34. The summed E-state index contributed by atoms with van der Waals surface area (Å²) in [6.45, 7) is 4.75. The number of amides is 2. The van der Waals surface area contributed by atoms with Crippen molar-refractivity contribution >= 4 is 35.1 Å². The van der Waals surface area contributed by atoms with Crippen molar-refractivity contribution in [3.05, 3.63) is 53.1 Å². The quantitative estimate of drug-likeness (QED) is 0.310. The van der Waals surface area contributed by atoms with Gasteiger partial charge >= 0.3 is 5.97 Å². The molecule has 1 N–H and O–H groups in total. The van der Waals surface area contributed by atoms with Crippen molar-refractivity contribution < 1.29 is 29.0 Å². The lowest BCUT2D eigenvalue weighted by Crippen LogP contribution is -2.56. The van der Waals surface area contributed by atoms with Crippen LogP contribution in [0.4, 0.5) is 5.69 Å². The number of halogens is 1. The first-order valence-electron chi connectivity index (χ1n) is 14.0. The summed E-state index contributed by atoms with van der Waals surface area (Å²) in [6, 6.07) is 4.52. The minimum absolute atomic E-state index is 0.0630. The van der Waals surface area contributed by atoms with Gasteiger partial charge in [0, 0.05) is 19.7 Å². The normalized spacial score (nSPS) is 33.0. The van der Waals surface area contributed by atoms with Crippen LogP contribution < -0.4 is 4.90 Å². The Morgan fingerprint density at radius 1 is 1.08 bits per heavy atom. The standard InChI is InChI=1S/C30H37ClN2O6/c1-3-29-14-6-4-9-19-38-28(37)23(29)22-26(35)33(16-7-5-8-18-34)25-27(36)32(17-11-15-30(22,25)39-29)24-20(2)12-10-13-21(24)31/h6,10-15,22-23,25,34H,3-5,7-9,16-19H2,1-2H3/b14-6-/t22-,23-,25?,29+,30-/m0/s1. The molecule has 1 unspecified atom stereocenters. The predicted molar refractivity (Wildman–Crippen MR) is 147 cm³/mol. The first-order chi connectivity index (χ1) is 18.8. The molecule has 9 heteroatoms. The molecule has 0 aromatic heterocycles. The number of hydrogen-bond donors (Lipinski definition) is 1. The molecule has 0 radical (unpaired) electrons. The Hall–Kier alpha value is -2.68. The zero-order chi connectivity index (χ0) is 27.8. The van der Waals surface area contributed by atoms with Crippen LogP contribution in [-0.4, -0.2) is 71.3 Å². The highest BCUT2D eigenvalue weighted by atomic mass is 35.5. The second-order valence-corrected chi connectivity index (χ2v) is 11.3. The van der Waals surface area contributed by atoms with E-state index in [2.05, 4.69) is 0 Å². The molecule has 4 heterocycles. The number of aliphatic hydroxyl groups excluding tert-OH is 1. The lowest BCUT2D eigenvalue weighted by molar-refractivity contribution is -0.159. The zero-order valence-corrected chi connectivity index (χ0v) is 23.4. The highest BCUT2D eigenvalue weighted by Crippen LogP contribution is 2.58. The molecule has 5 rings (SSSR count). The first-order valence-corrected chi connectivity index (χ1v) is 14.4. The maximum absolute atomic E-state index is 14.6. The van der Waals surface area contributed by atoms with Crippen LogP contribution in [-0.2, 0) is 23.9 Å². The van der Waals surface area contributed by atoms with Crippen molar-refractivity contribution in [2.75, 3.05) is 31.2 Å². The molecule has 0 bridgehead atoms. The van der Waals surface area contributed by atoms with Gasteiger partial charge in [0.25, 0.3) is 5.91 Å². The summed E-state index contributed by atoms with van der Waals surface area (Å²) < 4.78 is 12.6. The largest absolute Gasteiger partial charge is 0.465 e. The number of likely N-dealkylation sites (tertiary alicyclic amines) is 1. The van der Waals surface area contributed by atoms with E-state index >= 15 is 0 Å². The topological polar surface area (TPSA) is 96.4 Å². The number of cyclic esters (lactones) is 1. The van der Waals surface area contributed by atoms with E-state index in [4.69, 9.17) is 21.1 Å². The number of benzene rings is 1. The van der Waals surface area contributed by atoms with Gasteiger partial charge in [-0.05, 0) is 57.1 Å². The molecule has 4 aliphatic rings. The third kappa shape index (κ3) is 4.50. The van der Waals surface area contributed by atoms with Gasteiger partial charge in [0.2, 0.25) is 5.91 Å². The molecule has 1 aromatic rings. The number of hydrogen-bond acceptors (Lipinski definition) is 6. The highest BCUT2D eigenvalue weighted by molar-refractivity contribution is 6.34. The number of esters is 1. The summed E-state index contributed by atoms with van der Waals surface area (Å²) in [5.74, 6) is -2.79. The van der Waals surface area contributed by atoms with E-state index in [1.807, 2.05) is 50.3 Å². The molecule has 5 atom stereocenters. The highest BCUT2D eigenvalue weighted by Gasteiger charge is 2.75. The SMILES string of the molecule is CC[C@@]12/C=C\CCCOC(=O)[C@@H]1[C@H]1C(=O)N(CCCCCO)C3C(=O)N(c4c(C)cccc4Cl)CC=C[C@@]31O2. The van der Waals surface area contributed by atoms with Crippen molar-refractivity contribution in [1.29, 1.82) is 0 Å². The van der Waals surface area contributed by atoms with Crippen molar-refractivity contribution in [2.45, 2.75) is 69.6 Å². The number of carbonyl (C=O) groups is 3. The molecule has 1 spiro atoms. The molecular formula is C30H37ClN2O6. The van der Waals surface area contributed by atoms with Crippen molar-refractivity contribution in [3.63, 3.8) is 0 Å². The maximum atomic E-state index is 14.6. The Labute approximate surface area is 234 Å². The molecule has 2 fully saturated rings. The number of allylic oxidation sites excluding steroid dienone is 1. The molecule has 210 valence electrons. The van der Waals surface area contributed by atoms with E-state index in [1.165, 1.54) is 0 Å². The second-order valence-electron chi connectivity index (χ2n) is 10.9. The van der Waals surface area contributed by atoms with Gasteiger partial charge < -0.3 is 24.4 Å². The average molecular weight is 557 g/mol. The van der Waals surface area contributed by atoms with Crippen LogP contribution in [0.25, 0.3) is 0 Å². The number of unbranched alkanes of at least 4 members (excludes halogenated alkanes) is 2. The van der Waals surface area contributed by atoms with E-state index in [9.17, 15) is 19.5 Å². The second kappa shape index (κ2) is 11.1. The summed E-state index contributed by atoms with van der Waals surface area (Å²) in [6.07, 6.45) is 11.4. The van der Waals surface area contributed by atoms with Gasteiger partial charge in [0.15, 0.2) is 0 Å². The molecule has 1 aromatic carbocycles. The number of rotatable bonds is 7. The van der Waals surface area contributed by atoms with Crippen molar-refractivity contribution in [2.24, 2.45) is 11.8 Å². The smallest absolute Gasteiger partial charge is 0.313 e. The summed E-state index contributed by atoms with van der Waals surface area (Å²) in [5.41, 5.74) is -0.953. The van der Waals surface area contributed by atoms with Crippen molar-refractivity contribution in [1.82, 2.24) is 4.90 Å². The van der Waals surface area contributed by atoms with E-state index in [-0.39, 0.29) is 31.6 Å². The fourth-order valence-corrected chi connectivity index (χ4v) is 7.17. The van der Waals surface area contributed by atoms with E-state index < -0.39 is 35.0 Å². The summed E-state index contributed by atoms with van der Waals surface area (Å²) >= 11 is 6.61. The average Bonchev–Trinajstić information content (AvgIpc) is 3.29. The lowest BCUT2D eigenvalue weighted by Gasteiger charge is -2.38. The monoisotopic (exact) mass is 556 g/mol. The number of ether oxygens (including phenoxy) is 2. The van der Waals surface area contributed by atoms with Gasteiger partial charge in [0.1, 0.15) is 23.2 Å². The first kappa shape index (κ1) is 27.9. The summed E-state index contributed by atoms with van der Waals surface area (Å²) in [4.78, 5) is 45.7. The van der Waals surface area contributed by atoms with Gasteiger partial charge in [-0.3, -0.25) is 14.4 Å². The van der Waals surface area contributed by atoms with Gasteiger partial charge in [0.05, 0.1) is 23.2 Å². The van der Waals surface area contributed by atoms with Gasteiger partial charge in [-0.1, -0.05) is 55.0 Å². The summed E-state index contributed by atoms with van der Waals surface area (Å²) in [5, 5.41) is 9.71. The molecule has 4 aliphatic heterocycles. The summed E-state index contributed by atoms with van der Waals surface area (Å²) in [7, 11) is 0. The van der Waals surface area contributed by atoms with Crippen molar-refractivity contribution in [3.8, 4) is 0 Å². The minimum Gasteiger partial charge on any atom is -0.465 e. The van der Waals surface area contributed by atoms with Gasteiger partial charge in [-0.25, -0.2) is 0 Å². The molecule has 0 saturated carbocycles. The third-order valence-corrected chi connectivity index (χ3v) is 8.95. The molecule has 0 aliphatic carbocycles. The number of aryl methyl sites for hydroxylation is 1. The zero-order valence-electron chi connectivity index (χ0n) is 22.6. The molecule has 2 saturated heterocycles. The number of anilines is 1. The molecule has 2 amide bonds. The number of fused-ring (bicyclic) bond motifs is 2. The Balaban J connectivity index is 1.64. The fraction of sp³-hybridized carbons (Fsp3) is 0.567. The number of nitrogens with zero attached hydrogens (tertiary/aromatic N) is 2. The predicted octanol–water partition coefficient (Wildman–Crippen LogP) is 3.97. The Morgan fingerprint density at radius 3 is 2.64 bits per heavy atom. The van der Waals surface area contributed by atoms with E-state index in [0.29, 0.717) is 49.4 Å². The molecule has 39 heavy (non-hydrogen) atoms. The Morgan fingerprint density at radius 2 is 1.90 bits per heavy atom. The van der Waals surface area contributed by atoms with Crippen LogP contribution in [0.3, 0.4) is 0 Å². The number of para-hydroxylation sites is 1. The lowest BCUT2D eigenvalue weighted by atomic mass is 9.73. The van der Waals surface area contributed by atoms with Crippen LogP contribution in [0.1, 0.15) is 51.0 Å². The van der Waals surface area contributed by atoms with Crippen LogP contribution in [0.15, 0.2) is 42.5 Å². The Kier molecular flexibility index (Phi) is 7.91. The Bertz CT molecular complexity index is 1180. The number of carbonyl (C=O) groups excluding carboxylic acids is 3. The third-order valence-electron chi connectivity index (χ3n) is 8.65. The molecule has 8 nitrogen and oxygen atoms in total. The number of aliphatic hydroxyl groups is 1. The van der Waals surface area contributed by atoms with E-state index in [1.54, 1.807) is 15.9 Å². The van der Waals surface area contributed by atoms with Crippen LogP contribution in [0.5, 0.6) is 0 Å². The van der Waals surface area contributed by atoms with Crippen LogP contribution >= 0.6 is 11.6 Å².